The van der Waals surface area contributed by atoms with E-state index in [1.165, 1.54) is 11.3 Å². The number of aromatic carboxylic acids is 1. The predicted octanol–water partition coefficient (Wildman–Crippen LogP) is 4.53. The van der Waals surface area contributed by atoms with Gasteiger partial charge in [0.1, 0.15) is 0 Å². The number of aromatic nitrogens is 1. The predicted molar refractivity (Wildman–Crippen MR) is 87.4 cm³/mol. The lowest BCUT2D eigenvalue weighted by atomic mass is 9.84. The van der Waals surface area contributed by atoms with Crippen molar-refractivity contribution in [2.75, 3.05) is 0 Å². The summed E-state index contributed by atoms with van der Waals surface area (Å²) in [6.07, 6.45) is 0.919. The van der Waals surface area contributed by atoms with Gasteiger partial charge in [-0.3, -0.25) is 0 Å². The molecule has 0 fully saturated rings. The van der Waals surface area contributed by atoms with Gasteiger partial charge in [0, 0.05) is 17.6 Å². The summed E-state index contributed by atoms with van der Waals surface area (Å²) in [5.41, 5.74) is 4.75. The number of hydrogen-bond acceptors (Lipinski definition) is 1. The molecule has 0 atom stereocenters. The lowest BCUT2D eigenvalue weighted by Gasteiger charge is -2.20. The summed E-state index contributed by atoms with van der Waals surface area (Å²) in [5, 5.41) is 10.8. The first-order valence-corrected chi connectivity index (χ1v) is 7.61. The topological polar surface area (TPSA) is 42.2 Å². The third-order valence-corrected chi connectivity index (χ3v) is 4.31. The summed E-state index contributed by atoms with van der Waals surface area (Å²) in [4.78, 5) is 11.8. The fourth-order valence-electron chi connectivity index (χ4n) is 3.12. The second-order valence-corrected chi connectivity index (χ2v) is 6.64. The zero-order valence-electron chi connectivity index (χ0n) is 13.9. The molecule has 0 aliphatic carbocycles. The van der Waals surface area contributed by atoms with E-state index >= 15 is 0 Å². The summed E-state index contributed by atoms with van der Waals surface area (Å²) in [7, 11) is 0. The molecule has 2 aromatic rings. The average molecular weight is 287 g/mol. The van der Waals surface area contributed by atoms with Crippen molar-refractivity contribution in [3.63, 3.8) is 0 Å². The molecule has 1 N–H and O–H groups in total. The van der Waals surface area contributed by atoms with E-state index in [9.17, 15) is 9.90 Å². The van der Waals surface area contributed by atoms with Gasteiger partial charge < -0.3 is 9.67 Å². The van der Waals surface area contributed by atoms with Crippen molar-refractivity contribution in [3.05, 3.63) is 34.5 Å². The minimum absolute atomic E-state index is 0.0639. The molecule has 1 aromatic carbocycles. The summed E-state index contributed by atoms with van der Waals surface area (Å²) in [6.45, 7) is 13.4. The van der Waals surface area contributed by atoms with E-state index < -0.39 is 5.97 Å². The first-order valence-electron chi connectivity index (χ1n) is 7.61. The Morgan fingerprint density at radius 3 is 2.29 bits per heavy atom. The molecule has 114 valence electrons. The van der Waals surface area contributed by atoms with E-state index in [0.717, 1.165) is 29.4 Å². The summed E-state index contributed by atoms with van der Waals surface area (Å²) < 4.78 is 2.13. The normalized spacial score (nSPS) is 12.1. The fourth-order valence-corrected chi connectivity index (χ4v) is 3.12. The molecule has 2 rings (SSSR count). The van der Waals surface area contributed by atoms with Gasteiger partial charge in [0.25, 0.3) is 0 Å². The number of carbonyl (C=O) groups is 1. The summed E-state index contributed by atoms with van der Waals surface area (Å²) in [5.74, 6) is -0.846. The number of aryl methyl sites for hydroxylation is 2. The first-order chi connectivity index (χ1) is 9.72. The zero-order chi connectivity index (χ0) is 15.9. The number of benzene rings is 1. The molecule has 0 saturated heterocycles. The summed E-state index contributed by atoms with van der Waals surface area (Å²) >= 11 is 0. The summed E-state index contributed by atoms with van der Waals surface area (Å²) in [6, 6.07) is 4.02. The van der Waals surface area contributed by atoms with Crippen LogP contribution in [0.3, 0.4) is 0 Å². The van der Waals surface area contributed by atoms with E-state index in [1.807, 2.05) is 6.07 Å². The fraction of sp³-hybridized carbons (Fsp3) is 0.500. The molecule has 0 bridgehead atoms. The highest BCUT2D eigenvalue weighted by atomic mass is 16.4. The van der Waals surface area contributed by atoms with Gasteiger partial charge in [0.2, 0.25) is 0 Å². The highest BCUT2D eigenvalue weighted by molar-refractivity contribution is 6.04. The average Bonchev–Trinajstić information content (AvgIpc) is 2.67. The van der Waals surface area contributed by atoms with Crippen molar-refractivity contribution in [2.24, 2.45) is 0 Å². The number of rotatable bonds is 3. The van der Waals surface area contributed by atoms with Crippen molar-refractivity contribution in [2.45, 2.75) is 59.9 Å². The van der Waals surface area contributed by atoms with Crippen LogP contribution in [0.1, 0.15) is 61.8 Å². The highest BCUT2D eigenvalue weighted by Gasteiger charge is 2.23. The van der Waals surface area contributed by atoms with Gasteiger partial charge in [-0.05, 0) is 48.9 Å². The number of carboxylic acid groups (broad SMARTS) is 1. The Balaban J connectivity index is 2.99. The molecule has 0 aliphatic heterocycles. The Kier molecular flexibility index (Phi) is 3.87. The van der Waals surface area contributed by atoms with Crippen molar-refractivity contribution >= 4 is 16.9 Å². The maximum atomic E-state index is 11.8. The Bertz CT molecular complexity index is 702. The SMILES string of the molecule is CCc1c(C)n(CC)c2c(C(=O)O)cc(C(C)(C)C)cc12. The molecule has 3 heteroatoms. The van der Waals surface area contributed by atoms with Crippen LogP contribution in [-0.4, -0.2) is 15.6 Å². The number of nitrogens with zero attached hydrogens (tertiary/aromatic N) is 1. The Labute approximate surface area is 126 Å². The van der Waals surface area contributed by atoms with Gasteiger partial charge in [-0.25, -0.2) is 4.79 Å². The van der Waals surface area contributed by atoms with E-state index in [-0.39, 0.29) is 5.41 Å². The lowest BCUT2D eigenvalue weighted by molar-refractivity contribution is 0.0698. The van der Waals surface area contributed by atoms with Crippen LogP contribution < -0.4 is 0 Å². The van der Waals surface area contributed by atoms with Gasteiger partial charge in [-0.15, -0.1) is 0 Å². The van der Waals surface area contributed by atoms with Gasteiger partial charge in [0.15, 0.2) is 0 Å². The number of fused-ring (bicyclic) bond motifs is 1. The third-order valence-electron chi connectivity index (χ3n) is 4.31. The molecule has 3 nitrogen and oxygen atoms in total. The lowest BCUT2D eigenvalue weighted by Crippen LogP contribution is -2.13. The maximum Gasteiger partial charge on any atom is 0.337 e. The van der Waals surface area contributed by atoms with Gasteiger partial charge in [-0.1, -0.05) is 27.7 Å². The van der Waals surface area contributed by atoms with E-state index in [0.29, 0.717) is 5.56 Å². The van der Waals surface area contributed by atoms with Crippen LogP contribution in [0.25, 0.3) is 10.9 Å². The second-order valence-electron chi connectivity index (χ2n) is 6.64. The van der Waals surface area contributed by atoms with Crippen LogP contribution in [-0.2, 0) is 18.4 Å². The largest absolute Gasteiger partial charge is 0.478 e. The van der Waals surface area contributed by atoms with Crippen LogP contribution in [0.2, 0.25) is 0 Å². The van der Waals surface area contributed by atoms with Crippen LogP contribution in [0, 0.1) is 6.92 Å². The van der Waals surface area contributed by atoms with Crippen molar-refractivity contribution in [3.8, 4) is 0 Å². The minimum atomic E-state index is -0.846. The Morgan fingerprint density at radius 1 is 1.24 bits per heavy atom. The Hall–Kier alpha value is -1.77. The minimum Gasteiger partial charge on any atom is -0.478 e. The molecule has 1 heterocycles. The molecule has 0 radical (unpaired) electrons. The molecule has 0 unspecified atom stereocenters. The van der Waals surface area contributed by atoms with Gasteiger partial charge in [-0.2, -0.15) is 0 Å². The molecule has 1 aromatic heterocycles. The molecule has 0 saturated carbocycles. The van der Waals surface area contributed by atoms with E-state index in [4.69, 9.17) is 0 Å². The van der Waals surface area contributed by atoms with Gasteiger partial charge in [0.05, 0.1) is 11.1 Å². The Morgan fingerprint density at radius 2 is 1.86 bits per heavy atom. The van der Waals surface area contributed by atoms with Crippen molar-refractivity contribution in [1.29, 1.82) is 0 Å². The molecule has 21 heavy (non-hydrogen) atoms. The standard InChI is InChI=1S/C18H25NO2/c1-7-13-11(3)19(8-2)16-14(13)9-12(18(4,5)6)10-15(16)17(20)21/h9-10H,7-8H2,1-6H3,(H,20,21). The molecular weight excluding hydrogens is 262 g/mol. The van der Waals surface area contributed by atoms with Crippen LogP contribution in [0.15, 0.2) is 12.1 Å². The van der Waals surface area contributed by atoms with Crippen molar-refractivity contribution < 1.29 is 9.90 Å². The van der Waals surface area contributed by atoms with Crippen LogP contribution in [0.4, 0.5) is 0 Å². The molecule has 0 spiro atoms. The monoisotopic (exact) mass is 287 g/mol. The van der Waals surface area contributed by atoms with E-state index in [1.54, 1.807) is 0 Å². The van der Waals surface area contributed by atoms with Crippen LogP contribution in [0.5, 0.6) is 0 Å². The first kappa shape index (κ1) is 15.6. The third kappa shape index (κ3) is 2.45. The quantitative estimate of drug-likeness (QED) is 0.901. The zero-order valence-corrected chi connectivity index (χ0v) is 13.9. The number of carboxylic acids is 1. The highest BCUT2D eigenvalue weighted by Crippen LogP contribution is 2.34. The molecular formula is C18H25NO2. The van der Waals surface area contributed by atoms with E-state index in [2.05, 4.69) is 52.2 Å². The second kappa shape index (κ2) is 5.21. The number of hydrogen-bond donors (Lipinski definition) is 1. The van der Waals surface area contributed by atoms with Gasteiger partial charge >= 0.3 is 5.97 Å². The van der Waals surface area contributed by atoms with Crippen LogP contribution >= 0.6 is 0 Å². The maximum absolute atomic E-state index is 11.8. The molecule has 0 aliphatic rings. The molecule has 0 amide bonds. The van der Waals surface area contributed by atoms with Crippen molar-refractivity contribution in [1.82, 2.24) is 4.57 Å². The smallest absolute Gasteiger partial charge is 0.337 e.